The van der Waals surface area contributed by atoms with Crippen LogP contribution in [-0.4, -0.2) is 18.5 Å². The number of nitrogens with one attached hydrogen (secondary N) is 1. The van der Waals surface area contributed by atoms with Crippen LogP contribution in [0.5, 0.6) is 0 Å². The Bertz CT molecular complexity index is 174. The zero-order valence-electron chi connectivity index (χ0n) is 5.89. The van der Waals surface area contributed by atoms with Gasteiger partial charge in [-0.25, -0.2) is 0 Å². The molecule has 1 unspecified atom stereocenters. The lowest BCUT2D eigenvalue weighted by atomic mass is 10.0. The summed E-state index contributed by atoms with van der Waals surface area (Å²) >= 11 is 0. The van der Waals surface area contributed by atoms with Gasteiger partial charge in [-0.1, -0.05) is 0 Å². The van der Waals surface area contributed by atoms with Crippen LogP contribution in [0.25, 0.3) is 0 Å². The summed E-state index contributed by atoms with van der Waals surface area (Å²) in [5, 5.41) is 3.13. The van der Waals surface area contributed by atoms with Crippen molar-refractivity contribution in [2.45, 2.75) is 25.3 Å². The molecule has 0 bridgehead atoms. The number of hydrogen-bond donors (Lipinski definition) is 2. The molecule has 1 saturated carbocycles. The minimum absolute atomic E-state index is 0.0394. The summed E-state index contributed by atoms with van der Waals surface area (Å²) in [6, 6.07) is -0.0394. The third kappa shape index (κ3) is 0.814. The second kappa shape index (κ2) is 1.72. The Labute approximate surface area is 60.0 Å². The van der Waals surface area contributed by atoms with Gasteiger partial charge >= 0.3 is 0 Å². The second-order valence-corrected chi connectivity index (χ2v) is 3.54. The molecule has 1 spiro atoms. The van der Waals surface area contributed by atoms with E-state index in [1.807, 2.05) is 0 Å². The summed E-state index contributed by atoms with van der Waals surface area (Å²) in [5.41, 5.74) is 5.63. The Hall–Kier alpha value is -0.570. The number of nitrogens with two attached hydrogens (primary N) is 1. The van der Waals surface area contributed by atoms with E-state index in [4.69, 9.17) is 5.73 Å². The van der Waals surface area contributed by atoms with Gasteiger partial charge in [0.05, 0.1) is 6.04 Å². The van der Waals surface area contributed by atoms with E-state index in [0.29, 0.717) is 5.41 Å². The highest BCUT2D eigenvalue weighted by Crippen LogP contribution is 2.51. The lowest BCUT2D eigenvalue weighted by Gasteiger charge is -2.02. The number of rotatable bonds is 1. The van der Waals surface area contributed by atoms with Crippen molar-refractivity contribution in [2.24, 2.45) is 11.1 Å². The van der Waals surface area contributed by atoms with E-state index in [0.717, 1.165) is 13.0 Å². The fourth-order valence-corrected chi connectivity index (χ4v) is 1.68. The Morgan fingerprint density at radius 3 is 2.60 bits per heavy atom. The smallest absolute Gasteiger partial charge is 0.234 e. The Balaban J connectivity index is 1.99. The molecule has 1 aliphatic carbocycles. The van der Waals surface area contributed by atoms with Crippen molar-refractivity contribution in [1.29, 1.82) is 0 Å². The summed E-state index contributed by atoms with van der Waals surface area (Å²) in [6.45, 7) is 1.00. The molecule has 3 nitrogen and oxygen atoms in total. The molecule has 0 radical (unpaired) electrons. The van der Waals surface area contributed by atoms with Gasteiger partial charge in [0.2, 0.25) is 5.91 Å². The van der Waals surface area contributed by atoms with Crippen LogP contribution in [-0.2, 0) is 4.79 Å². The molecule has 1 saturated heterocycles. The molecule has 2 fully saturated rings. The molecule has 0 aromatic carbocycles. The summed E-state index contributed by atoms with van der Waals surface area (Å²) < 4.78 is 0. The molecule has 1 atom stereocenters. The van der Waals surface area contributed by atoms with Crippen molar-refractivity contribution in [3.05, 3.63) is 0 Å². The van der Waals surface area contributed by atoms with Crippen molar-refractivity contribution in [3.63, 3.8) is 0 Å². The molecule has 10 heavy (non-hydrogen) atoms. The first kappa shape index (κ1) is 6.16. The normalized spacial score (nSPS) is 34.6. The summed E-state index contributed by atoms with van der Waals surface area (Å²) in [6.07, 6.45) is 3.54. The summed E-state index contributed by atoms with van der Waals surface area (Å²) in [7, 11) is 0. The molecule has 1 heterocycles. The highest BCUT2D eigenvalue weighted by atomic mass is 16.1. The van der Waals surface area contributed by atoms with Crippen molar-refractivity contribution in [2.75, 3.05) is 6.54 Å². The SMILES string of the molecule is NC(=O)C1CC2(CC2)CN1. The molecule has 0 aromatic rings. The molecule has 2 aliphatic rings. The third-order valence-corrected chi connectivity index (χ3v) is 2.66. The van der Waals surface area contributed by atoms with Crippen LogP contribution in [0.1, 0.15) is 19.3 Å². The van der Waals surface area contributed by atoms with Crippen LogP contribution in [0.2, 0.25) is 0 Å². The number of hydrogen-bond acceptors (Lipinski definition) is 2. The molecule has 56 valence electrons. The van der Waals surface area contributed by atoms with Crippen LogP contribution < -0.4 is 11.1 Å². The second-order valence-electron chi connectivity index (χ2n) is 3.54. The average Bonchev–Trinajstić information content (AvgIpc) is 2.41. The average molecular weight is 140 g/mol. The lowest BCUT2D eigenvalue weighted by Crippen LogP contribution is -2.36. The van der Waals surface area contributed by atoms with Crippen LogP contribution in [0.4, 0.5) is 0 Å². The first-order chi connectivity index (χ1) is 4.72. The first-order valence-corrected chi connectivity index (χ1v) is 3.75. The minimum Gasteiger partial charge on any atom is -0.368 e. The molecule has 1 aliphatic heterocycles. The summed E-state index contributed by atoms with van der Waals surface area (Å²) in [4.78, 5) is 10.7. The van der Waals surface area contributed by atoms with E-state index in [1.165, 1.54) is 12.8 Å². The monoisotopic (exact) mass is 140 g/mol. The van der Waals surface area contributed by atoms with E-state index in [9.17, 15) is 4.79 Å². The molecule has 1 amide bonds. The van der Waals surface area contributed by atoms with E-state index in [2.05, 4.69) is 5.32 Å². The van der Waals surface area contributed by atoms with E-state index >= 15 is 0 Å². The highest BCUT2D eigenvalue weighted by molar-refractivity contribution is 5.80. The fourth-order valence-electron chi connectivity index (χ4n) is 1.68. The summed E-state index contributed by atoms with van der Waals surface area (Å²) in [5.74, 6) is -0.191. The third-order valence-electron chi connectivity index (χ3n) is 2.66. The van der Waals surface area contributed by atoms with Gasteiger partial charge in [0, 0.05) is 6.54 Å². The topological polar surface area (TPSA) is 55.1 Å². The first-order valence-electron chi connectivity index (χ1n) is 3.75. The molecule has 2 rings (SSSR count). The molecule has 3 heteroatoms. The van der Waals surface area contributed by atoms with E-state index in [1.54, 1.807) is 0 Å². The Kier molecular flexibility index (Phi) is 1.06. The number of carbonyl (C=O) groups is 1. The Morgan fingerprint density at radius 1 is 1.60 bits per heavy atom. The fraction of sp³-hybridized carbons (Fsp3) is 0.857. The number of carbonyl (C=O) groups excluding carboxylic acids is 1. The van der Waals surface area contributed by atoms with Crippen molar-refractivity contribution < 1.29 is 4.79 Å². The van der Waals surface area contributed by atoms with Crippen molar-refractivity contribution in [1.82, 2.24) is 5.32 Å². The van der Waals surface area contributed by atoms with Crippen LogP contribution in [0.3, 0.4) is 0 Å². The van der Waals surface area contributed by atoms with Gasteiger partial charge in [-0.2, -0.15) is 0 Å². The van der Waals surface area contributed by atoms with Crippen LogP contribution in [0, 0.1) is 5.41 Å². The predicted octanol–water partition coefficient (Wildman–Crippen LogP) is -0.386. The molecule has 0 aromatic heterocycles. The van der Waals surface area contributed by atoms with Gasteiger partial charge in [0.1, 0.15) is 0 Å². The zero-order valence-corrected chi connectivity index (χ0v) is 5.89. The Morgan fingerprint density at radius 2 is 2.30 bits per heavy atom. The lowest BCUT2D eigenvalue weighted by molar-refractivity contribution is -0.119. The van der Waals surface area contributed by atoms with E-state index < -0.39 is 0 Å². The van der Waals surface area contributed by atoms with Gasteiger partial charge in [-0.05, 0) is 24.7 Å². The molecule has 3 N–H and O–H groups in total. The molecular formula is C7H12N2O. The molecular weight excluding hydrogens is 128 g/mol. The highest BCUT2D eigenvalue weighted by Gasteiger charge is 2.49. The quantitative estimate of drug-likeness (QED) is 0.521. The van der Waals surface area contributed by atoms with Gasteiger partial charge in [-0.15, -0.1) is 0 Å². The number of amides is 1. The zero-order chi connectivity index (χ0) is 7.19. The van der Waals surface area contributed by atoms with Crippen LogP contribution in [0.15, 0.2) is 0 Å². The largest absolute Gasteiger partial charge is 0.368 e. The van der Waals surface area contributed by atoms with Gasteiger partial charge < -0.3 is 11.1 Å². The predicted molar refractivity (Wildman–Crippen MR) is 37.3 cm³/mol. The van der Waals surface area contributed by atoms with Gasteiger partial charge in [0.15, 0.2) is 0 Å². The maximum Gasteiger partial charge on any atom is 0.234 e. The number of primary amides is 1. The van der Waals surface area contributed by atoms with Gasteiger partial charge in [0.25, 0.3) is 0 Å². The minimum atomic E-state index is -0.191. The maximum atomic E-state index is 10.7. The van der Waals surface area contributed by atoms with Gasteiger partial charge in [-0.3, -0.25) is 4.79 Å². The van der Waals surface area contributed by atoms with Crippen LogP contribution >= 0.6 is 0 Å². The van der Waals surface area contributed by atoms with Crippen molar-refractivity contribution in [3.8, 4) is 0 Å². The maximum absolute atomic E-state index is 10.7. The standard InChI is InChI=1S/C7H12N2O/c8-6(10)5-3-7(1-2-7)4-9-5/h5,9H,1-4H2,(H2,8,10). The van der Waals surface area contributed by atoms with E-state index in [-0.39, 0.29) is 11.9 Å². The van der Waals surface area contributed by atoms with Crippen molar-refractivity contribution >= 4 is 5.91 Å².